The molecule has 2 fully saturated rings. The van der Waals surface area contributed by atoms with E-state index < -0.39 is 0 Å². The maximum absolute atomic E-state index is 9.71. The Morgan fingerprint density at radius 1 is 0.763 bits per heavy atom. The average Bonchev–Trinajstić information content (AvgIpc) is 2.96. The second-order valence-corrected chi connectivity index (χ2v) is 11.5. The molecule has 1 unspecified atom stereocenters. The zero-order valence-electron chi connectivity index (χ0n) is 22.3. The van der Waals surface area contributed by atoms with E-state index in [1.165, 1.54) is 44.1 Å². The van der Waals surface area contributed by atoms with Crippen molar-refractivity contribution in [3.05, 3.63) is 90.0 Å². The number of nitrogens with zero attached hydrogens (tertiary/aromatic N) is 4. The van der Waals surface area contributed by atoms with E-state index in [9.17, 15) is 5.26 Å². The molecule has 0 amide bonds. The molecule has 38 heavy (non-hydrogen) atoms. The van der Waals surface area contributed by atoms with Gasteiger partial charge in [-0.15, -0.1) is 0 Å². The van der Waals surface area contributed by atoms with Gasteiger partial charge in [0.2, 0.25) is 0 Å². The van der Waals surface area contributed by atoms with Crippen molar-refractivity contribution in [2.75, 3.05) is 0 Å². The monoisotopic (exact) mass is 498 g/mol. The fourth-order valence-corrected chi connectivity index (χ4v) is 7.25. The standard InChI is InChI=1S/C34H34N4/c1-3-24-18-25-17-23(2)19-34(20-24,21-25)29-15-13-27(14-16-29)32-36-31(26-9-5-4-6-10-26)37-33(38-32)30-12-8-7-11-28(30)22-35/h4-16,23-25H,3,17-21H2,1-2H3/t23-,24+,25-,34?/m1/s1. The minimum atomic E-state index is 0.297. The lowest BCUT2D eigenvalue weighted by Crippen LogP contribution is -2.42. The van der Waals surface area contributed by atoms with Crippen LogP contribution in [-0.4, -0.2) is 15.0 Å². The Morgan fingerprint density at radius 2 is 1.42 bits per heavy atom. The largest absolute Gasteiger partial charge is 0.208 e. The second-order valence-electron chi connectivity index (χ2n) is 11.5. The third-order valence-electron chi connectivity index (χ3n) is 8.79. The van der Waals surface area contributed by atoms with Crippen LogP contribution in [0.15, 0.2) is 78.9 Å². The van der Waals surface area contributed by atoms with Crippen molar-refractivity contribution >= 4 is 0 Å². The summed E-state index contributed by atoms with van der Waals surface area (Å²) in [6.07, 6.45) is 8.00. The Morgan fingerprint density at radius 3 is 2.13 bits per heavy atom. The van der Waals surface area contributed by atoms with Crippen molar-refractivity contribution in [2.45, 2.75) is 57.8 Å². The molecule has 4 aromatic rings. The van der Waals surface area contributed by atoms with Gasteiger partial charge in [0.1, 0.15) is 0 Å². The number of fused-ring (bicyclic) bond motifs is 2. The van der Waals surface area contributed by atoms with E-state index in [1.54, 1.807) is 6.07 Å². The highest BCUT2D eigenvalue weighted by atomic mass is 15.0. The van der Waals surface area contributed by atoms with Gasteiger partial charge in [-0.2, -0.15) is 5.26 Å². The molecule has 0 aliphatic heterocycles. The van der Waals surface area contributed by atoms with Crippen LogP contribution in [0.1, 0.15) is 63.5 Å². The first-order valence-corrected chi connectivity index (χ1v) is 14.0. The van der Waals surface area contributed by atoms with Crippen LogP contribution in [0.4, 0.5) is 0 Å². The molecule has 0 spiro atoms. The van der Waals surface area contributed by atoms with Crippen LogP contribution >= 0.6 is 0 Å². The molecule has 0 radical (unpaired) electrons. The molecule has 0 N–H and O–H groups in total. The van der Waals surface area contributed by atoms with Crippen molar-refractivity contribution in [1.82, 2.24) is 15.0 Å². The molecule has 1 aromatic heterocycles. The fourth-order valence-electron chi connectivity index (χ4n) is 7.25. The zero-order chi connectivity index (χ0) is 26.1. The van der Waals surface area contributed by atoms with Crippen molar-refractivity contribution < 1.29 is 0 Å². The van der Waals surface area contributed by atoms with Gasteiger partial charge < -0.3 is 0 Å². The Labute approximate surface area is 225 Å². The molecule has 0 saturated heterocycles. The highest BCUT2D eigenvalue weighted by Gasteiger charge is 2.45. The number of hydrogen-bond acceptors (Lipinski definition) is 4. The first-order valence-electron chi connectivity index (χ1n) is 14.0. The lowest BCUT2D eigenvalue weighted by Gasteiger charge is -2.51. The van der Waals surface area contributed by atoms with Crippen molar-refractivity contribution in [2.24, 2.45) is 17.8 Å². The summed E-state index contributed by atoms with van der Waals surface area (Å²) in [6, 6.07) is 28.8. The summed E-state index contributed by atoms with van der Waals surface area (Å²) in [5, 5.41) is 9.71. The van der Waals surface area contributed by atoms with Gasteiger partial charge in [-0.05, 0) is 73.0 Å². The normalized spacial score (nSPS) is 24.5. The molecule has 4 atom stereocenters. The van der Waals surface area contributed by atoms with E-state index in [0.29, 0.717) is 28.5 Å². The Hall–Kier alpha value is -3.84. The molecule has 1 heterocycles. The van der Waals surface area contributed by atoms with E-state index in [4.69, 9.17) is 15.0 Å². The van der Waals surface area contributed by atoms with Crippen molar-refractivity contribution in [3.63, 3.8) is 0 Å². The van der Waals surface area contributed by atoms with Crippen molar-refractivity contribution in [1.29, 1.82) is 5.26 Å². The predicted octanol–water partition coefficient (Wildman–Crippen LogP) is 8.24. The second kappa shape index (κ2) is 10.1. The van der Waals surface area contributed by atoms with Gasteiger partial charge in [-0.25, -0.2) is 15.0 Å². The molecule has 4 heteroatoms. The lowest BCUT2D eigenvalue weighted by atomic mass is 9.54. The zero-order valence-corrected chi connectivity index (χ0v) is 22.3. The summed E-state index contributed by atoms with van der Waals surface area (Å²) in [4.78, 5) is 14.6. The Balaban J connectivity index is 1.42. The highest BCUT2D eigenvalue weighted by molar-refractivity contribution is 5.70. The van der Waals surface area contributed by atoms with Crippen LogP contribution in [0.5, 0.6) is 0 Å². The molecular weight excluding hydrogens is 464 g/mol. The quantitative estimate of drug-likeness (QED) is 0.278. The van der Waals surface area contributed by atoms with E-state index in [-0.39, 0.29) is 0 Å². The first kappa shape index (κ1) is 24.5. The smallest absolute Gasteiger partial charge is 0.165 e. The summed E-state index contributed by atoms with van der Waals surface area (Å²) >= 11 is 0. The van der Waals surface area contributed by atoms with E-state index in [2.05, 4.69) is 44.2 Å². The van der Waals surface area contributed by atoms with Gasteiger partial charge in [-0.1, -0.05) is 87.0 Å². The molecule has 190 valence electrons. The molecule has 2 bridgehead atoms. The minimum absolute atomic E-state index is 0.297. The van der Waals surface area contributed by atoms with Crippen LogP contribution in [0.25, 0.3) is 34.2 Å². The van der Waals surface area contributed by atoms with Crippen LogP contribution in [-0.2, 0) is 5.41 Å². The maximum atomic E-state index is 9.71. The van der Waals surface area contributed by atoms with Crippen LogP contribution in [0.2, 0.25) is 0 Å². The van der Waals surface area contributed by atoms with Crippen LogP contribution in [0.3, 0.4) is 0 Å². The molecule has 2 aliphatic rings. The SMILES string of the molecule is CC[C@H]1C[C@H]2C[C@@H](C)CC(c3ccc(-c4nc(-c5ccccc5)nc(-c5ccccc5C#N)n4)cc3)(C2)C1. The van der Waals surface area contributed by atoms with Crippen molar-refractivity contribution in [3.8, 4) is 40.2 Å². The van der Waals surface area contributed by atoms with E-state index in [0.717, 1.165) is 34.4 Å². The molecule has 2 saturated carbocycles. The topological polar surface area (TPSA) is 62.5 Å². The van der Waals surface area contributed by atoms with E-state index >= 15 is 0 Å². The molecule has 2 aliphatic carbocycles. The molecule has 4 nitrogen and oxygen atoms in total. The summed E-state index contributed by atoms with van der Waals surface area (Å²) in [6.45, 7) is 4.80. The van der Waals surface area contributed by atoms with Gasteiger partial charge in [0.05, 0.1) is 11.6 Å². The Bertz CT molecular complexity index is 1470. The predicted molar refractivity (Wildman–Crippen MR) is 152 cm³/mol. The summed E-state index contributed by atoms with van der Waals surface area (Å²) in [5.74, 6) is 4.25. The van der Waals surface area contributed by atoms with Gasteiger partial charge in [0.15, 0.2) is 17.5 Å². The van der Waals surface area contributed by atoms with Crippen LogP contribution < -0.4 is 0 Å². The number of aromatic nitrogens is 3. The fraction of sp³-hybridized carbons (Fsp3) is 0.353. The van der Waals surface area contributed by atoms with E-state index in [1.807, 2.05) is 48.5 Å². The highest BCUT2D eigenvalue weighted by Crippen LogP contribution is 2.54. The van der Waals surface area contributed by atoms with Crippen LogP contribution in [0, 0.1) is 29.1 Å². The summed E-state index contributed by atoms with van der Waals surface area (Å²) in [7, 11) is 0. The lowest BCUT2D eigenvalue weighted by molar-refractivity contribution is 0.0702. The first-order chi connectivity index (χ1) is 18.6. The van der Waals surface area contributed by atoms with Gasteiger partial charge in [0, 0.05) is 16.7 Å². The maximum Gasteiger partial charge on any atom is 0.165 e. The number of rotatable bonds is 5. The summed E-state index contributed by atoms with van der Waals surface area (Å²) < 4.78 is 0. The third-order valence-corrected chi connectivity index (χ3v) is 8.79. The summed E-state index contributed by atoms with van der Waals surface area (Å²) in [5.41, 5.74) is 4.96. The molecule has 6 rings (SSSR count). The van der Waals surface area contributed by atoms with Gasteiger partial charge >= 0.3 is 0 Å². The number of nitriles is 1. The number of hydrogen-bond donors (Lipinski definition) is 0. The Kier molecular flexibility index (Phi) is 6.54. The number of benzene rings is 3. The average molecular weight is 499 g/mol. The van der Waals surface area contributed by atoms with Gasteiger partial charge in [0.25, 0.3) is 0 Å². The molecule has 3 aromatic carbocycles. The minimum Gasteiger partial charge on any atom is -0.208 e. The van der Waals surface area contributed by atoms with Gasteiger partial charge in [-0.3, -0.25) is 0 Å². The molecular formula is C34H34N4. The third kappa shape index (κ3) is 4.63.